The molecule has 0 unspecified atom stereocenters. The van der Waals surface area contributed by atoms with Gasteiger partial charge in [0, 0.05) is 22.7 Å². The Morgan fingerprint density at radius 2 is 1.97 bits per heavy atom. The molecule has 2 aliphatic rings. The molecule has 1 N–H and O–H groups in total. The predicted molar refractivity (Wildman–Crippen MR) is 118 cm³/mol. The Labute approximate surface area is 173 Å². The summed E-state index contributed by atoms with van der Waals surface area (Å²) in [6.07, 6.45) is 7.63. The summed E-state index contributed by atoms with van der Waals surface area (Å²) in [5.41, 5.74) is 5.49. The Kier molecular flexibility index (Phi) is 5.98. The fraction of sp³-hybridized carbons (Fsp3) is 0.440. The summed E-state index contributed by atoms with van der Waals surface area (Å²) in [4.78, 5) is 17.3. The number of nitrogens with one attached hydrogen (secondary N) is 1. The average Bonchev–Trinajstić information content (AvgIpc) is 2.70. The smallest absolute Gasteiger partial charge is 0.227 e. The van der Waals surface area contributed by atoms with Gasteiger partial charge in [0.1, 0.15) is 5.75 Å². The Morgan fingerprint density at radius 3 is 2.62 bits per heavy atom. The number of unbranched alkanes of at least 4 members (excludes halogenated alkanes) is 1. The maximum absolute atomic E-state index is 12.2. The van der Waals surface area contributed by atoms with Gasteiger partial charge >= 0.3 is 0 Å². The highest BCUT2D eigenvalue weighted by Crippen LogP contribution is 2.30. The van der Waals surface area contributed by atoms with E-state index in [0.717, 1.165) is 48.4 Å². The monoisotopic (exact) mass is 390 g/mol. The fourth-order valence-electron chi connectivity index (χ4n) is 4.11. The number of anilines is 1. The van der Waals surface area contributed by atoms with Gasteiger partial charge in [0.2, 0.25) is 5.91 Å². The van der Waals surface area contributed by atoms with Crippen LogP contribution in [0.2, 0.25) is 0 Å². The van der Waals surface area contributed by atoms with Crippen LogP contribution in [0.4, 0.5) is 5.69 Å². The van der Waals surface area contributed by atoms with Gasteiger partial charge in [-0.25, -0.2) is 0 Å². The molecule has 0 bridgehead atoms. The van der Waals surface area contributed by atoms with E-state index in [2.05, 4.69) is 36.5 Å². The van der Waals surface area contributed by atoms with Crippen molar-refractivity contribution in [3.63, 3.8) is 0 Å². The van der Waals surface area contributed by atoms with E-state index in [1.54, 1.807) is 7.11 Å². The Morgan fingerprint density at radius 1 is 1.17 bits per heavy atom. The zero-order valence-electron chi connectivity index (χ0n) is 17.4. The lowest BCUT2D eigenvalue weighted by Crippen LogP contribution is -2.28. The van der Waals surface area contributed by atoms with Crippen LogP contribution in [-0.2, 0) is 11.2 Å². The van der Waals surface area contributed by atoms with E-state index in [1.807, 2.05) is 18.2 Å². The number of aliphatic imine (C=N–C) groups is 1. The molecule has 1 amide bonds. The van der Waals surface area contributed by atoms with Crippen molar-refractivity contribution in [1.29, 1.82) is 0 Å². The summed E-state index contributed by atoms with van der Waals surface area (Å²) in [7, 11) is 1.71. The third-order valence-electron chi connectivity index (χ3n) is 6.13. The molecule has 1 saturated carbocycles. The highest BCUT2D eigenvalue weighted by atomic mass is 16.5. The molecule has 0 spiro atoms. The number of ether oxygens (including phenoxy) is 1. The van der Waals surface area contributed by atoms with Crippen molar-refractivity contribution in [3.05, 3.63) is 59.2 Å². The van der Waals surface area contributed by atoms with Crippen LogP contribution in [0.3, 0.4) is 0 Å². The van der Waals surface area contributed by atoms with Crippen molar-refractivity contribution in [1.82, 2.24) is 0 Å². The minimum atomic E-state index is 0.149. The molecule has 0 radical (unpaired) electrons. The molecular formula is C25H30N2O2. The van der Waals surface area contributed by atoms with Crippen LogP contribution in [0.5, 0.6) is 5.75 Å². The van der Waals surface area contributed by atoms with Crippen molar-refractivity contribution in [3.8, 4) is 5.75 Å². The van der Waals surface area contributed by atoms with E-state index >= 15 is 0 Å². The fourth-order valence-corrected chi connectivity index (χ4v) is 4.11. The lowest BCUT2D eigenvalue weighted by atomic mass is 9.85. The number of benzene rings is 2. The lowest BCUT2D eigenvalue weighted by molar-refractivity contribution is -0.122. The summed E-state index contributed by atoms with van der Waals surface area (Å²) in [6.45, 7) is 2.22. The first-order valence-corrected chi connectivity index (χ1v) is 10.8. The van der Waals surface area contributed by atoms with Crippen LogP contribution in [-0.4, -0.2) is 24.8 Å². The molecule has 1 aliphatic carbocycles. The van der Waals surface area contributed by atoms with E-state index in [9.17, 15) is 4.79 Å². The van der Waals surface area contributed by atoms with Gasteiger partial charge in [-0.15, -0.1) is 0 Å². The number of hydrogen-bond acceptors (Lipinski definition) is 3. The summed E-state index contributed by atoms with van der Waals surface area (Å²) in [6, 6.07) is 14.7. The summed E-state index contributed by atoms with van der Waals surface area (Å²) < 4.78 is 5.44. The minimum Gasteiger partial charge on any atom is -0.497 e. The van der Waals surface area contributed by atoms with E-state index in [0.29, 0.717) is 6.04 Å². The third-order valence-corrected chi connectivity index (χ3v) is 6.13. The normalized spacial score (nSPS) is 18.4. The van der Waals surface area contributed by atoms with Gasteiger partial charge in [-0.05, 0) is 61.6 Å². The molecule has 29 heavy (non-hydrogen) atoms. The second kappa shape index (κ2) is 8.81. The van der Waals surface area contributed by atoms with Crippen molar-refractivity contribution in [2.45, 2.75) is 57.9 Å². The highest BCUT2D eigenvalue weighted by molar-refractivity contribution is 6.14. The zero-order chi connectivity index (χ0) is 20.2. The minimum absolute atomic E-state index is 0.149. The summed E-state index contributed by atoms with van der Waals surface area (Å²) in [5, 5.41) is 3.05. The number of fused-ring (bicyclic) bond motifs is 1. The third kappa shape index (κ3) is 4.36. The molecule has 1 atom stereocenters. The second-order valence-corrected chi connectivity index (χ2v) is 8.20. The molecule has 0 saturated heterocycles. The standard InChI is InChI=1S/C25H30N2O2/c1-3-4-8-21-15-19-16-22(29-2)13-14-23(19)24(26-21)17-9-11-20(12-10-17)27-25(28)18-6-5-7-18/h9-14,16,18,21H,3-8,15H2,1-2H3,(H,27,28)/t21-/m0/s1. The first kappa shape index (κ1) is 19.7. The molecule has 152 valence electrons. The van der Waals surface area contributed by atoms with Crippen LogP contribution in [0.25, 0.3) is 0 Å². The number of rotatable bonds is 7. The molecule has 4 heteroatoms. The summed E-state index contributed by atoms with van der Waals surface area (Å²) in [5.74, 6) is 1.24. The van der Waals surface area contributed by atoms with Crippen LogP contribution < -0.4 is 10.1 Å². The van der Waals surface area contributed by atoms with Gasteiger partial charge < -0.3 is 10.1 Å². The van der Waals surface area contributed by atoms with Gasteiger partial charge in [0.15, 0.2) is 0 Å². The molecule has 4 rings (SSSR count). The lowest BCUT2D eigenvalue weighted by Gasteiger charge is -2.25. The van der Waals surface area contributed by atoms with Gasteiger partial charge in [-0.3, -0.25) is 9.79 Å². The maximum Gasteiger partial charge on any atom is 0.227 e. The average molecular weight is 391 g/mol. The van der Waals surface area contributed by atoms with Gasteiger partial charge in [-0.2, -0.15) is 0 Å². The number of carbonyl (C=O) groups is 1. The molecule has 1 aliphatic heterocycles. The van der Waals surface area contributed by atoms with Gasteiger partial charge in [-0.1, -0.05) is 38.3 Å². The number of nitrogens with zero attached hydrogens (tertiary/aromatic N) is 1. The first-order valence-electron chi connectivity index (χ1n) is 10.8. The summed E-state index contributed by atoms with van der Waals surface area (Å²) >= 11 is 0. The van der Waals surface area contributed by atoms with Crippen molar-refractivity contribution >= 4 is 17.3 Å². The largest absolute Gasteiger partial charge is 0.497 e. The van der Waals surface area contributed by atoms with E-state index in [1.165, 1.54) is 30.4 Å². The van der Waals surface area contributed by atoms with Crippen molar-refractivity contribution < 1.29 is 9.53 Å². The highest BCUT2D eigenvalue weighted by Gasteiger charge is 2.25. The predicted octanol–water partition coefficient (Wildman–Crippen LogP) is 5.39. The molecule has 2 aromatic carbocycles. The Bertz CT molecular complexity index is 898. The van der Waals surface area contributed by atoms with Crippen LogP contribution in [0.1, 0.15) is 62.1 Å². The Balaban J connectivity index is 1.58. The molecule has 0 aromatic heterocycles. The van der Waals surface area contributed by atoms with E-state index in [4.69, 9.17) is 9.73 Å². The zero-order valence-corrected chi connectivity index (χ0v) is 17.4. The van der Waals surface area contributed by atoms with Crippen molar-refractivity contribution in [2.75, 3.05) is 12.4 Å². The van der Waals surface area contributed by atoms with Gasteiger partial charge in [0.05, 0.1) is 18.9 Å². The van der Waals surface area contributed by atoms with E-state index < -0.39 is 0 Å². The molecule has 1 heterocycles. The number of amides is 1. The van der Waals surface area contributed by atoms with Gasteiger partial charge in [0.25, 0.3) is 0 Å². The molecule has 1 fully saturated rings. The van der Waals surface area contributed by atoms with Crippen LogP contribution >= 0.6 is 0 Å². The maximum atomic E-state index is 12.2. The number of hydrogen-bond donors (Lipinski definition) is 1. The number of methoxy groups -OCH3 is 1. The van der Waals surface area contributed by atoms with Crippen LogP contribution in [0, 0.1) is 5.92 Å². The first-order chi connectivity index (χ1) is 14.2. The SMILES string of the molecule is CCCC[C@H]1Cc2cc(OC)ccc2C(c2ccc(NC(=O)C3CCC3)cc2)=N1. The molecule has 2 aromatic rings. The Hall–Kier alpha value is -2.62. The quantitative estimate of drug-likeness (QED) is 0.689. The van der Waals surface area contributed by atoms with Crippen LogP contribution in [0.15, 0.2) is 47.5 Å². The van der Waals surface area contributed by atoms with Crippen molar-refractivity contribution in [2.24, 2.45) is 10.9 Å². The van der Waals surface area contributed by atoms with E-state index in [-0.39, 0.29) is 11.8 Å². The second-order valence-electron chi connectivity index (χ2n) is 8.20. The topological polar surface area (TPSA) is 50.7 Å². The molecule has 4 nitrogen and oxygen atoms in total. The number of carbonyl (C=O) groups excluding carboxylic acids is 1. The molecular weight excluding hydrogens is 360 g/mol.